The Bertz CT molecular complexity index is 654. The van der Waals surface area contributed by atoms with Crippen molar-refractivity contribution < 1.29 is 29.6 Å². The number of hydrogen-bond acceptors (Lipinski definition) is 8. The third-order valence-corrected chi connectivity index (χ3v) is 8.13. The first-order chi connectivity index (χ1) is 16.1. The Morgan fingerprint density at radius 2 is 1.82 bits per heavy atom. The molecule has 9 atom stereocenters. The standard InChI is InChI=1S/C23H42ClN3O6S/c1-5-27(6-2)16(28)10-8-14-7-9-15(25-12-11-14)22(32)26-17(13(3)24)21-19(30)18(29)20(31)23(33-21)34-4/h13-15,17-21,23,25,29-31H,5-12H2,1-4H3,(H,26,32)/t13-,14+,15?,17?,18?,19?,20?,21?,23?/m0/s1. The van der Waals surface area contributed by atoms with Gasteiger partial charge in [0.05, 0.1) is 17.5 Å². The number of hydrogen-bond donors (Lipinski definition) is 5. The molecule has 2 aliphatic rings. The number of aliphatic hydroxyl groups excluding tert-OH is 3. The molecule has 2 amide bonds. The van der Waals surface area contributed by atoms with Crippen LogP contribution in [0.4, 0.5) is 0 Å². The molecule has 34 heavy (non-hydrogen) atoms. The third-order valence-electron chi connectivity index (χ3n) is 7.00. The van der Waals surface area contributed by atoms with Crippen molar-refractivity contribution >= 4 is 35.2 Å². The lowest BCUT2D eigenvalue weighted by Crippen LogP contribution is -2.65. The highest BCUT2D eigenvalue weighted by molar-refractivity contribution is 7.99. The number of carbonyl (C=O) groups excluding carboxylic acids is 2. The van der Waals surface area contributed by atoms with E-state index < -0.39 is 47.3 Å². The van der Waals surface area contributed by atoms with Crippen LogP contribution in [0.25, 0.3) is 0 Å². The van der Waals surface area contributed by atoms with E-state index in [1.165, 1.54) is 11.8 Å². The van der Waals surface area contributed by atoms with Crippen LogP contribution in [-0.2, 0) is 14.3 Å². The SMILES string of the molecule is CCN(CC)C(=O)CC[C@@H]1CCNC(C(=O)NC(C2OC(SC)C(O)C(O)C2O)[C@H](C)Cl)CC1. The molecule has 11 heteroatoms. The van der Waals surface area contributed by atoms with Crippen molar-refractivity contribution in [1.29, 1.82) is 0 Å². The second kappa shape index (κ2) is 14.2. The van der Waals surface area contributed by atoms with E-state index in [4.69, 9.17) is 16.3 Å². The second-order valence-corrected chi connectivity index (χ2v) is 10.9. The maximum atomic E-state index is 13.1. The van der Waals surface area contributed by atoms with Crippen LogP contribution in [0, 0.1) is 5.92 Å². The fourth-order valence-corrected chi connectivity index (χ4v) is 5.66. The lowest BCUT2D eigenvalue weighted by Gasteiger charge is -2.44. The first-order valence-corrected chi connectivity index (χ1v) is 14.0. The summed E-state index contributed by atoms with van der Waals surface area (Å²) in [6.07, 6.45) is 0.433. The van der Waals surface area contributed by atoms with Gasteiger partial charge in [-0.2, -0.15) is 0 Å². The number of nitrogens with one attached hydrogen (secondary N) is 2. The molecule has 0 aliphatic carbocycles. The normalized spacial score (nSPS) is 34.1. The van der Waals surface area contributed by atoms with Gasteiger partial charge in [0, 0.05) is 19.5 Å². The molecular formula is C23H42ClN3O6S. The molecule has 9 nitrogen and oxygen atoms in total. The first-order valence-electron chi connectivity index (χ1n) is 12.3. The van der Waals surface area contributed by atoms with E-state index in [1.807, 2.05) is 18.7 Å². The Kier molecular flexibility index (Phi) is 12.4. The van der Waals surface area contributed by atoms with Gasteiger partial charge < -0.3 is 35.6 Å². The molecule has 0 bridgehead atoms. The summed E-state index contributed by atoms with van der Waals surface area (Å²) < 4.78 is 5.82. The van der Waals surface area contributed by atoms with E-state index in [-0.39, 0.29) is 11.8 Å². The van der Waals surface area contributed by atoms with Crippen molar-refractivity contribution in [3.63, 3.8) is 0 Å². The molecule has 2 rings (SSSR count). The topological polar surface area (TPSA) is 131 Å². The van der Waals surface area contributed by atoms with Crippen molar-refractivity contribution in [2.24, 2.45) is 5.92 Å². The van der Waals surface area contributed by atoms with Crippen LogP contribution in [0.3, 0.4) is 0 Å². The number of halogens is 1. The highest BCUT2D eigenvalue weighted by Crippen LogP contribution is 2.30. The first kappa shape index (κ1) is 29.6. The Balaban J connectivity index is 1.95. The molecule has 2 heterocycles. The number of rotatable bonds is 10. The molecule has 7 unspecified atom stereocenters. The van der Waals surface area contributed by atoms with Gasteiger partial charge in [-0.05, 0) is 65.2 Å². The van der Waals surface area contributed by atoms with Crippen LogP contribution in [0.2, 0.25) is 0 Å². The van der Waals surface area contributed by atoms with Crippen molar-refractivity contribution in [2.75, 3.05) is 25.9 Å². The summed E-state index contributed by atoms with van der Waals surface area (Å²) in [7, 11) is 0. The summed E-state index contributed by atoms with van der Waals surface area (Å²) in [5, 5.41) is 36.5. The van der Waals surface area contributed by atoms with Gasteiger partial charge in [0.1, 0.15) is 29.9 Å². The highest BCUT2D eigenvalue weighted by atomic mass is 35.5. The highest BCUT2D eigenvalue weighted by Gasteiger charge is 2.48. The van der Waals surface area contributed by atoms with Gasteiger partial charge in [0.2, 0.25) is 11.8 Å². The van der Waals surface area contributed by atoms with Crippen LogP contribution in [0.15, 0.2) is 0 Å². The molecule has 0 spiro atoms. The number of carbonyl (C=O) groups is 2. The number of aliphatic hydroxyl groups is 3. The molecule has 0 saturated carbocycles. The van der Waals surface area contributed by atoms with Crippen LogP contribution < -0.4 is 10.6 Å². The Hall–Kier alpha value is -0.620. The van der Waals surface area contributed by atoms with Crippen molar-refractivity contribution in [2.45, 2.75) is 100 Å². The summed E-state index contributed by atoms with van der Waals surface area (Å²) in [5.41, 5.74) is -0.742. The molecule has 2 aliphatic heterocycles. The molecule has 0 aromatic heterocycles. The van der Waals surface area contributed by atoms with Crippen LogP contribution in [-0.4, -0.2) is 105 Å². The Morgan fingerprint density at radius 1 is 1.15 bits per heavy atom. The number of thioether (sulfide) groups is 1. The van der Waals surface area contributed by atoms with E-state index in [1.54, 1.807) is 13.2 Å². The lowest BCUT2D eigenvalue weighted by atomic mass is 9.92. The number of amides is 2. The zero-order chi connectivity index (χ0) is 25.4. The minimum atomic E-state index is -1.40. The van der Waals surface area contributed by atoms with E-state index in [0.29, 0.717) is 25.3 Å². The van der Waals surface area contributed by atoms with Crippen LogP contribution >= 0.6 is 23.4 Å². The van der Waals surface area contributed by atoms with Crippen molar-refractivity contribution in [3.8, 4) is 0 Å². The Morgan fingerprint density at radius 3 is 2.41 bits per heavy atom. The van der Waals surface area contributed by atoms with E-state index in [2.05, 4.69) is 10.6 Å². The second-order valence-electron chi connectivity index (χ2n) is 9.23. The summed E-state index contributed by atoms with van der Waals surface area (Å²) in [6, 6.07) is -1.18. The Labute approximate surface area is 212 Å². The van der Waals surface area contributed by atoms with Crippen LogP contribution in [0.1, 0.15) is 52.9 Å². The summed E-state index contributed by atoms with van der Waals surface area (Å²) in [5.74, 6) is 0.307. The maximum absolute atomic E-state index is 13.1. The monoisotopic (exact) mass is 523 g/mol. The largest absolute Gasteiger partial charge is 0.388 e. The number of alkyl halides is 1. The fourth-order valence-electron chi connectivity index (χ4n) is 4.77. The summed E-state index contributed by atoms with van der Waals surface area (Å²) >= 11 is 7.58. The van der Waals surface area contributed by atoms with Gasteiger partial charge in [-0.3, -0.25) is 9.59 Å². The minimum Gasteiger partial charge on any atom is -0.388 e. The van der Waals surface area contributed by atoms with Gasteiger partial charge in [-0.1, -0.05) is 0 Å². The molecule has 0 radical (unpaired) electrons. The van der Waals surface area contributed by atoms with E-state index in [9.17, 15) is 24.9 Å². The quantitative estimate of drug-likeness (QED) is 0.264. The lowest BCUT2D eigenvalue weighted by molar-refractivity contribution is -0.205. The average Bonchev–Trinajstić information content (AvgIpc) is 3.06. The zero-order valence-corrected chi connectivity index (χ0v) is 22.2. The van der Waals surface area contributed by atoms with Crippen molar-refractivity contribution in [3.05, 3.63) is 0 Å². The molecule has 198 valence electrons. The number of ether oxygens (including phenoxy) is 1. The summed E-state index contributed by atoms with van der Waals surface area (Å²) in [4.78, 5) is 27.3. The van der Waals surface area contributed by atoms with E-state index >= 15 is 0 Å². The smallest absolute Gasteiger partial charge is 0.237 e. The van der Waals surface area contributed by atoms with Gasteiger partial charge in [-0.25, -0.2) is 0 Å². The molecule has 0 aromatic carbocycles. The zero-order valence-electron chi connectivity index (χ0n) is 20.7. The average molecular weight is 524 g/mol. The van der Waals surface area contributed by atoms with E-state index in [0.717, 1.165) is 32.4 Å². The fraction of sp³-hybridized carbons (Fsp3) is 0.913. The molecule has 2 saturated heterocycles. The predicted octanol–water partition coefficient (Wildman–Crippen LogP) is 0.676. The maximum Gasteiger partial charge on any atom is 0.237 e. The molecule has 5 N–H and O–H groups in total. The van der Waals surface area contributed by atoms with Crippen LogP contribution in [0.5, 0.6) is 0 Å². The number of nitrogens with zero attached hydrogens (tertiary/aromatic N) is 1. The third kappa shape index (κ3) is 7.69. The van der Waals surface area contributed by atoms with Gasteiger partial charge >= 0.3 is 0 Å². The van der Waals surface area contributed by atoms with Gasteiger partial charge in [-0.15, -0.1) is 23.4 Å². The summed E-state index contributed by atoms with van der Waals surface area (Å²) in [6.45, 7) is 7.77. The molecular weight excluding hydrogens is 482 g/mol. The van der Waals surface area contributed by atoms with Crippen molar-refractivity contribution in [1.82, 2.24) is 15.5 Å². The van der Waals surface area contributed by atoms with Gasteiger partial charge in [0.25, 0.3) is 0 Å². The molecule has 2 fully saturated rings. The minimum absolute atomic E-state index is 0.178. The molecule has 0 aromatic rings. The predicted molar refractivity (Wildman–Crippen MR) is 134 cm³/mol. The van der Waals surface area contributed by atoms with Gasteiger partial charge in [0.15, 0.2) is 0 Å².